The second-order valence-corrected chi connectivity index (χ2v) is 7.00. The number of nitrogens with one attached hydrogen (secondary N) is 2. The summed E-state index contributed by atoms with van der Waals surface area (Å²) < 4.78 is 18.7. The molecule has 0 radical (unpaired) electrons. The number of rotatable bonds is 7. The van der Waals surface area contributed by atoms with Gasteiger partial charge in [-0.2, -0.15) is 0 Å². The number of benzene rings is 1. The van der Waals surface area contributed by atoms with Crippen LogP contribution >= 0.6 is 35.3 Å². The standard InChI is InChI=1S/C18H25FN4OS.HI/c1-12-13(2)25-17(23-12)7-8-21-18(20-3)22-10-14-5-6-16(19)15(9-14)11-24-4;/h5-6,9H,7-8,10-11H2,1-4H3,(H2,20,21,22);1H. The van der Waals surface area contributed by atoms with Gasteiger partial charge >= 0.3 is 0 Å². The zero-order valence-corrected chi connectivity index (χ0v) is 18.7. The Balaban J connectivity index is 0.00000338. The van der Waals surface area contributed by atoms with Gasteiger partial charge in [-0.3, -0.25) is 4.99 Å². The van der Waals surface area contributed by atoms with Crippen molar-refractivity contribution >= 4 is 41.3 Å². The summed E-state index contributed by atoms with van der Waals surface area (Å²) in [6, 6.07) is 5.03. The van der Waals surface area contributed by atoms with Crippen LogP contribution in [0, 0.1) is 19.7 Å². The van der Waals surface area contributed by atoms with Crippen LogP contribution in [-0.4, -0.2) is 31.6 Å². The maximum Gasteiger partial charge on any atom is 0.191 e. The highest BCUT2D eigenvalue weighted by Crippen LogP contribution is 2.16. The molecule has 0 amide bonds. The molecule has 0 unspecified atom stereocenters. The van der Waals surface area contributed by atoms with E-state index in [4.69, 9.17) is 4.74 Å². The van der Waals surface area contributed by atoms with E-state index in [0.29, 0.717) is 18.1 Å². The highest BCUT2D eigenvalue weighted by molar-refractivity contribution is 14.0. The second kappa shape index (κ2) is 11.5. The number of halogens is 2. The van der Waals surface area contributed by atoms with Crippen LogP contribution in [-0.2, 0) is 24.3 Å². The Morgan fingerprint density at radius 2 is 2.08 bits per heavy atom. The number of guanidine groups is 1. The van der Waals surface area contributed by atoms with Crippen molar-refractivity contribution in [3.63, 3.8) is 0 Å². The Morgan fingerprint density at radius 1 is 1.31 bits per heavy atom. The fraction of sp³-hybridized carbons (Fsp3) is 0.444. The molecule has 0 fully saturated rings. The minimum atomic E-state index is -0.248. The summed E-state index contributed by atoms with van der Waals surface area (Å²) in [5, 5.41) is 7.64. The highest BCUT2D eigenvalue weighted by Gasteiger charge is 2.06. The third-order valence-corrected chi connectivity index (χ3v) is 4.93. The maximum atomic E-state index is 13.6. The van der Waals surface area contributed by atoms with Gasteiger partial charge in [0, 0.05) is 44.1 Å². The molecule has 0 aliphatic rings. The van der Waals surface area contributed by atoms with Crippen molar-refractivity contribution in [2.24, 2.45) is 4.99 Å². The molecule has 2 aromatic rings. The van der Waals surface area contributed by atoms with Gasteiger partial charge in [-0.1, -0.05) is 6.07 Å². The number of aromatic nitrogens is 1. The molecule has 26 heavy (non-hydrogen) atoms. The van der Waals surface area contributed by atoms with Crippen LogP contribution in [0.5, 0.6) is 0 Å². The van der Waals surface area contributed by atoms with Crippen molar-refractivity contribution in [3.05, 3.63) is 50.7 Å². The molecular weight excluding hydrogens is 466 g/mol. The summed E-state index contributed by atoms with van der Waals surface area (Å²) in [4.78, 5) is 10.0. The van der Waals surface area contributed by atoms with Gasteiger partial charge in [-0.15, -0.1) is 35.3 Å². The molecule has 8 heteroatoms. The molecule has 1 heterocycles. The molecule has 0 bridgehead atoms. The number of hydrogen-bond acceptors (Lipinski definition) is 4. The van der Waals surface area contributed by atoms with Gasteiger partial charge in [0.05, 0.1) is 17.3 Å². The van der Waals surface area contributed by atoms with Crippen molar-refractivity contribution in [2.45, 2.75) is 33.4 Å². The first-order chi connectivity index (χ1) is 12.0. The molecule has 0 saturated carbocycles. The zero-order valence-electron chi connectivity index (χ0n) is 15.6. The molecule has 2 N–H and O–H groups in total. The van der Waals surface area contributed by atoms with Crippen molar-refractivity contribution in [2.75, 3.05) is 20.7 Å². The lowest BCUT2D eigenvalue weighted by atomic mass is 10.1. The minimum Gasteiger partial charge on any atom is -0.380 e. The summed E-state index contributed by atoms with van der Waals surface area (Å²) in [5.74, 6) is 0.463. The van der Waals surface area contributed by atoms with E-state index < -0.39 is 0 Å². The molecule has 0 spiro atoms. The first kappa shape index (κ1) is 22.8. The number of aryl methyl sites for hydroxylation is 2. The predicted octanol–water partition coefficient (Wildman–Crippen LogP) is 3.57. The third kappa shape index (κ3) is 6.81. The Bertz CT molecular complexity index is 716. The van der Waals surface area contributed by atoms with Gasteiger partial charge in [0.1, 0.15) is 5.82 Å². The lowest BCUT2D eigenvalue weighted by Gasteiger charge is -2.12. The van der Waals surface area contributed by atoms with Crippen LogP contribution in [0.4, 0.5) is 4.39 Å². The topological polar surface area (TPSA) is 58.5 Å². The lowest BCUT2D eigenvalue weighted by molar-refractivity contribution is 0.181. The number of aliphatic imine (C=N–C) groups is 1. The third-order valence-electron chi connectivity index (χ3n) is 3.80. The predicted molar refractivity (Wildman–Crippen MR) is 116 cm³/mol. The van der Waals surface area contributed by atoms with Crippen LogP contribution in [0.2, 0.25) is 0 Å². The van der Waals surface area contributed by atoms with Gasteiger partial charge in [-0.25, -0.2) is 9.37 Å². The molecule has 144 valence electrons. The molecular formula is C18H26FIN4OS. The van der Waals surface area contributed by atoms with Crippen LogP contribution in [0.25, 0.3) is 0 Å². The normalized spacial score (nSPS) is 11.2. The molecule has 1 aromatic carbocycles. The summed E-state index contributed by atoms with van der Waals surface area (Å²) in [5.41, 5.74) is 2.63. The van der Waals surface area contributed by atoms with E-state index in [1.54, 1.807) is 37.6 Å². The molecule has 0 atom stereocenters. The number of hydrogen-bond donors (Lipinski definition) is 2. The SMILES string of the molecule is CN=C(NCCc1nc(C)c(C)s1)NCc1ccc(F)c(COC)c1.I. The van der Waals surface area contributed by atoms with E-state index in [0.717, 1.165) is 29.2 Å². The highest BCUT2D eigenvalue weighted by atomic mass is 127. The van der Waals surface area contributed by atoms with E-state index in [1.165, 1.54) is 10.9 Å². The monoisotopic (exact) mass is 492 g/mol. The molecule has 0 aliphatic heterocycles. The zero-order chi connectivity index (χ0) is 18.2. The van der Waals surface area contributed by atoms with Crippen LogP contribution in [0.1, 0.15) is 26.7 Å². The van der Waals surface area contributed by atoms with E-state index in [-0.39, 0.29) is 36.4 Å². The van der Waals surface area contributed by atoms with E-state index in [9.17, 15) is 4.39 Å². The van der Waals surface area contributed by atoms with Gasteiger partial charge in [-0.05, 0) is 31.5 Å². The Kier molecular flexibility index (Phi) is 10.0. The molecule has 1 aromatic heterocycles. The maximum absolute atomic E-state index is 13.6. The smallest absolute Gasteiger partial charge is 0.191 e. The molecule has 0 aliphatic carbocycles. The van der Waals surface area contributed by atoms with E-state index >= 15 is 0 Å². The van der Waals surface area contributed by atoms with Crippen molar-refractivity contribution in [1.29, 1.82) is 0 Å². The van der Waals surface area contributed by atoms with Crippen LogP contribution in [0.15, 0.2) is 23.2 Å². The summed E-state index contributed by atoms with van der Waals surface area (Å²) in [6.45, 7) is 5.70. The largest absolute Gasteiger partial charge is 0.380 e. The fourth-order valence-corrected chi connectivity index (χ4v) is 3.28. The summed E-state index contributed by atoms with van der Waals surface area (Å²) >= 11 is 1.73. The first-order valence-electron chi connectivity index (χ1n) is 8.17. The van der Waals surface area contributed by atoms with Gasteiger partial charge in [0.2, 0.25) is 0 Å². The van der Waals surface area contributed by atoms with E-state index in [2.05, 4.69) is 27.5 Å². The molecule has 2 rings (SSSR count). The van der Waals surface area contributed by atoms with Gasteiger partial charge in [0.25, 0.3) is 0 Å². The van der Waals surface area contributed by atoms with Gasteiger partial charge in [0.15, 0.2) is 5.96 Å². The number of thiazole rings is 1. The number of nitrogens with zero attached hydrogens (tertiary/aromatic N) is 2. The Hall–Kier alpha value is -1.26. The minimum absolute atomic E-state index is 0. The lowest BCUT2D eigenvalue weighted by Crippen LogP contribution is -2.37. The number of ether oxygens (including phenoxy) is 1. The quantitative estimate of drug-likeness (QED) is 0.353. The van der Waals surface area contributed by atoms with Crippen molar-refractivity contribution in [1.82, 2.24) is 15.6 Å². The molecule has 5 nitrogen and oxygen atoms in total. The number of methoxy groups -OCH3 is 1. The van der Waals surface area contributed by atoms with Gasteiger partial charge < -0.3 is 15.4 Å². The molecule has 0 saturated heterocycles. The van der Waals surface area contributed by atoms with Crippen LogP contribution in [0.3, 0.4) is 0 Å². The van der Waals surface area contributed by atoms with Crippen molar-refractivity contribution < 1.29 is 9.13 Å². The van der Waals surface area contributed by atoms with Crippen molar-refractivity contribution in [3.8, 4) is 0 Å². The fourth-order valence-electron chi connectivity index (χ4n) is 2.34. The average molecular weight is 492 g/mol. The summed E-state index contributed by atoms with van der Waals surface area (Å²) in [6.07, 6.45) is 0.856. The van der Waals surface area contributed by atoms with Crippen LogP contribution < -0.4 is 10.6 Å². The summed E-state index contributed by atoms with van der Waals surface area (Å²) in [7, 11) is 3.29. The first-order valence-corrected chi connectivity index (χ1v) is 8.98. The average Bonchev–Trinajstić information content (AvgIpc) is 2.91. The Labute approximate surface area is 175 Å². The van der Waals surface area contributed by atoms with E-state index in [1.807, 2.05) is 6.92 Å². The second-order valence-electron chi connectivity index (χ2n) is 5.71. The Morgan fingerprint density at radius 3 is 2.69 bits per heavy atom.